The molecule has 0 saturated carbocycles. The summed E-state index contributed by atoms with van der Waals surface area (Å²) in [6, 6.07) is 2.90. The maximum Gasteiger partial charge on any atom is 0.310 e. The molecule has 1 aromatic heterocycles. The molecule has 194 valence electrons. The van der Waals surface area contributed by atoms with Crippen molar-refractivity contribution in [1.29, 1.82) is 0 Å². The van der Waals surface area contributed by atoms with Gasteiger partial charge in [0.05, 0.1) is 16.3 Å². The molecule has 0 aliphatic rings. The number of allylic oxidation sites excluding steroid dienone is 2. The van der Waals surface area contributed by atoms with E-state index in [4.69, 9.17) is 4.18 Å². The zero-order valence-corrected chi connectivity index (χ0v) is 23.6. The Bertz CT molecular complexity index is 1380. The summed E-state index contributed by atoms with van der Waals surface area (Å²) < 4.78 is 57.2. The van der Waals surface area contributed by atoms with Crippen molar-refractivity contribution in [1.82, 2.24) is 9.78 Å². The Labute approximate surface area is 209 Å². The number of aryl methyl sites for hydroxylation is 2. The van der Waals surface area contributed by atoms with Crippen LogP contribution in [-0.2, 0) is 26.5 Å². The first kappa shape index (κ1) is 28.8. The highest BCUT2D eigenvalue weighted by Crippen LogP contribution is 2.34. The van der Waals surface area contributed by atoms with Gasteiger partial charge >= 0.3 is 10.1 Å². The van der Waals surface area contributed by atoms with Crippen LogP contribution < -0.4 is 4.18 Å². The number of aromatic nitrogens is 2. The molecule has 0 amide bonds. The number of nitrogens with zero attached hydrogens (tertiary/aromatic N) is 2. The molecule has 2 rings (SSSR count). The van der Waals surface area contributed by atoms with Crippen LogP contribution >= 0.6 is 0 Å². The highest BCUT2D eigenvalue weighted by atomic mass is 32.2. The minimum atomic E-state index is -3.97. The zero-order valence-electron chi connectivity index (χ0n) is 22.0. The lowest BCUT2D eigenvalue weighted by molar-refractivity contribution is 0.103. The quantitative estimate of drug-likeness (QED) is 0.326. The monoisotopic (exact) mass is 524 g/mol. The van der Waals surface area contributed by atoms with Gasteiger partial charge in [0.25, 0.3) is 0 Å². The molecule has 1 heterocycles. The van der Waals surface area contributed by atoms with Crippen molar-refractivity contribution < 1.29 is 25.8 Å². The van der Waals surface area contributed by atoms with E-state index in [2.05, 4.69) is 5.10 Å². The molecule has 0 unspecified atom stereocenters. The molecule has 0 bridgehead atoms. The summed E-state index contributed by atoms with van der Waals surface area (Å²) in [5, 5.41) is 4.38. The van der Waals surface area contributed by atoms with Crippen LogP contribution in [0.2, 0.25) is 0 Å². The van der Waals surface area contributed by atoms with Crippen molar-refractivity contribution in [3.8, 4) is 5.88 Å². The first-order valence-electron chi connectivity index (χ1n) is 11.5. The molecule has 1 aromatic carbocycles. The highest BCUT2D eigenvalue weighted by molar-refractivity contribution is 7.90. The molecule has 0 spiro atoms. The largest absolute Gasteiger partial charge is 0.361 e. The molecule has 10 heteroatoms. The average molecular weight is 525 g/mol. The third-order valence-corrected chi connectivity index (χ3v) is 8.31. The second-order valence-electron chi connectivity index (χ2n) is 9.53. The van der Waals surface area contributed by atoms with E-state index < -0.39 is 25.7 Å². The smallest absolute Gasteiger partial charge is 0.310 e. The van der Waals surface area contributed by atoms with E-state index in [1.54, 1.807) is 27.7 Å². The first-order valence-corrected chi connectivity index (χ1v) is 15.0. The Kier molecular flexibility index (Phi) is 8.76. The predicted octanol–water partition coefficient (Wildman–Crippen LogP) is 4.72. The van der Waals surface area contributed by atoms with E-state index in [-0.39, 0.29) is 33.6 Å². The van der Waals surface area contributed by atoms with Crippen molar-refractivity contribution in [2.75, 3.05) is 12.0 Å². The molecule has 35 heavy (non-hydrogen) atoms. The molecule has 0 radical (unpaired) electrons. The van der Waals surface area contributed by atoms with Crippen molar-refractivity contribution in [2.45, 2.75) is 73.3 Å². The molecule has 0 saturated heterocycles. The Morgan fingerprint density at radius 3 is 2.14 bits per heavy atom. The SMILES string of the molecule is CCCn1nc(C)c(C(=O)c2ccc(S(C)(=O)=O)c(C(C)=C(C)C)c2C)c1OS(=O)(=O)CC(C)C. The Morgan fingerprint density at radius 1 is 1.06 bits per heavy atom. The minimum Gasteiger partial charge on any atom is -0.361 e. The standard InChI is InChI=1S/C25H36N2O6S2/c1-10-13-27-25(33-35(31,32)14-15(2)3)23(19(8)26-27)24(28)20-11-12-21(34(9,29)30)22(18(20)7)17(6)16(4)5/h11-12,15H,10,13-14H2,1-9H3. The topological polar surface area (TPSA) is 112 Å². The number of carbonyl (C=O) groups excluding carboxylic acids is 1. The second-order valence-corrected chi connectivity index (χ2v) is 13.1. The fourth-order valence-corrected chi connectivity index (χ4v) is 6.21. The number of hydrogen-bond donors (Lipinski definition) is 0. The molecular formula is C25H36N2O6S2. The molecule has 2 aromatic rings. The Hall–Kier alpha value is -2.46. The lowest BCUT2D eigenvalue weighted by Gasteiger charge is -2.17. The van der Waals surface area contributed by atoms with E-state index in [0.717, 1.165) is 17.4 Å². The van der Waals surface area contributed by atoms with Gasteiger partial charge in [-0.25, -0.2) is 13.1 Å². The number of hydrogen-bond acceptors (Lipinski definition) is 7. The van der Waals surface area contributed by atoms with Crippen LogP contribution in [-0.4, -0.2) is 44.4 Å². The predicted molar refractivity (Wildman–Crippen MR) is 138 cm³/mol. The number of benzene rings is 1. The fourth-order valence-electron chi connectivity index (χ4n) is 3.92. The zero-order chi connectivity index (χ0) is 26.9. The second kappa shape index (κ2) is 10.7. The van der Waals surface area contributed by atoms with E-state index in [9.17, 15) is 21.6 Å². The summed E-state index contributed by atoms with van der Waals surface area (Å²) in [4.78, 5) is 14.0. The average Bonchev–Trinajstić information content (AvgIpc) is 2.99. The van der Waals surface area contributed by atoms with Crippen molar-refractivity contribution in [3.05, 3.63) is 45.7 Å². The maximum absolute atomic E-state index is 13.8. The van der Waals surface area contributed by atoms with Gasteiger partial charge in [0, 0.05) is 18.4 Å². The van der Waals surface area contributed by atoms with Crippen molar-refractivity contribution in [2.24, 2.45) is 5.92 Å². The summed E-state index contributed by atoms with van der Waals surface area (Å²) in [6.07, 6.45) is 1.79. The molecule has 8 nitrogen and oxygen atoms in total. The third-order valence-electron chi connectivity index (χ3n) is 5.68. The highest BCUT2D eigenvalue weighted by Gasteiger charge is 2.30. The molecule has 0 aliphatic carbocycles. The van der Waals surface area contributed by atoms with Crippen LogP contribution in [0.1, 0.15) is 80.7 Å². The number of rotatable bonds is 10. The summed E-state index contributed by atoms with van der Waals surface area (Å²) in [6.45, 7) is 14.7. The summed E-state index contributed by atoms with van der Waals surface area (Å²) in [5.41, 5.74) is 3.30. The van der Waals surface area contributed by atoms with Crippen molar-refractivity contribution in [3.63, 3.8) is 0 Å². The third kappa shape index (κ3) is 6.41. The summed E-state index contributed by atoms with van der Waals surface area (Å²) in [7, 11) is -7.53. The van der Waals surface area contributed by atoms with Gasteiger partial charge in [-0.15, -0.1) is 0 Å². The van der Waals surface area contributed by atoms with Gasteiger partial charge in [0.1, 0.15) is 5.56 Å². The maximum atomic E-state index is 13.8. The van der Waals surface area contributed by atoms with Crippen LogP contribution in [0.4, 0.5) is 0 Å². The molecular weight excluding hydrogens is 488 g/mol. The normalized spacial score (nSPS) is 12.2. The van der Waals surface area contributed by atoms with Crippen LogP contribution in [0.3, 0.4) is 0 Å². The van der Waals surface area contributed by atoms with Gasteiger partial charge in [0.15, 0.2) is 9.84 Å². The molecule has 0 fully saturated rings. The van der Waals surface area contributed by atoms with Crippen LogP contribution in [0, 0.1) is 19.8 Å². The van der Waals surface area contributed by atoms with Gasteiger partial charge in [-0.05, 0) is 75.8 Å². The molecule has 0 atom stereocenters. The van der Waals surface area contributed by atoms with Gasteiger partial charge in [-0.3, -0.25) is 4.79 Å². The van der Waals surface area contributed by atoms with Gasteiger partial charge in [-0.1, -0.05) is 26.3 Å². The van der Waals surface area contributed by atoms with Gasteiger partial charge < -0.3 is 4.18 Å². The lowest BCUT2D eigenvalue weighted by atomic mass is 9.91. The van der Waals surface area contributed by atoms with Crippen LogP contribution in [0.15, 0.2) is 22.6 Å². The number of carbonyl (C=O) groups is 1. The fraction of sp³-hybridized carbons (Fsp3) is 0.520. The summed E-state index contributed by atoms with van der Waals surface area (Å²) in [5.74, 6) is -0.951. The number of ketones is 1. The van der Waals surface area contributed by atoms with Gasteiger partial charge in [-0.2, -0.15) is 13.5 Å². The van der Waals surface area contributed by atoms with Crippen LogP contribution in [0.5, 0.6) is 5.88 Å². The van der Waals surface area contributed by atoms with E-state index in [0.29, 0.717) is 29.8 Å². The molecule has 0 N–H and O–H groups in total. The lowest BCUT2D eigenvalue weighted by Crippen LogP contribution is -2.21. The Morgan fingerprint density at radius 2 is 1.66 bits per heavy atom. The first-order chi connectivity index (χ1) is 16.0. The summed E-state index contributed by atoms with van der Waals surface area (Å²) >= 11 is 0. The van der Waals surface area contributed by atoms with E-state index in [1.807, 2.05) is 27.7 Å². The van der Waals surface area contributed by atoms with Crippen molar-refractivity contribution >= 4 is 31.3 Å². The van der Waals surface area contributed by atoms with E-state index >= 15 is 0 Å². The minimum absolute atomic E-state index is 0.0572. The van der Waals surface area contributed by atoms with Crippen LogP contribution in [0.25, 0.3) is 5.57 Å². The Balaban J connectivity index is 2.81. The van der Waals surface area contributed by atoms with E-state index in [1.165, 1.54) is 16.8 Å². The number of sulfone groups is 1. The molecule has 0 aliphatic heterocycles. The van der Waals surface area contributed by atoms with Gasteiger partial charge in [0.2, 0.25) is 11.7 Å².